The molecular formula is C11H11FINO3S. The molecule has 0 bridgehead atoms. The van der Waals surface area contributed by atoms with Crippen molar-refractivity contribution < 1.29 is 17.1 Å². The molecule has 0 N–H and O–H groups in total. The molecule has 2 rings (SSSR count). The molecule has 4 nitrogen and oxygen atoms in total. The Hall–Kier alpha value is -0.700. The SMILES string of the molecule is Cc1ccc(N2CC(S(=O)(=O)F)CC2=O)cc1I. The molecule has 1 heterocycles. The summed E-state index contributed by atoms with van der Waals surface area (Å²) in [5.74, 6) is -0.360. The first-order valence-electron chi connectivity index (χ1n) is 5.29. The van der Waals surface area contributed by atoms with E-state index in [2.05, 4.69) is 22.6 Å². The van der Waals surface area contributed by atoms with Crippen LogP contribution in [0.4, 0.5) is 9.57 Å². The van der Waals surface area contributed by atoms with Gasteiger partial charge >= 0.3 is 10.2 Å². The minimum Gasteiger partial charge on any atom is -0.311 e. The van der Waals surface area contributed by atoms with Crippen LogP contribution in [-0.2, 0) is 15.0 Å². The molecule has 1 aliphatic rings. The first-order chi connectivity index (χ1) is 8.29. The van der Waals surface area contributed by atoms with Gasteiger partial charge in [0.25, 0.3) is 0 Å². The number of benzene rings is 1. The number of anilines is 1. The molecule has 1 atom stereocenters. The number of halogens is 2. The summed E-state index contributed by atoms with van der Waals surface area (Å²) in [7, 11) is -4.66. The standard InChI is InChI=1S/C11H11FINO3S/c1-7-2-3-8(4-10(7)13)14-6-9(5-11(14)15)18(12,16)17/h2-4,9H,5-6H2,1H3. The Bertz CT molecular complexity index is 602. The second-order valence-electron chi connectivity index (χ2n) is 4.24. The zero-order valence-electron chi connectivity index (χ0n) is 9.56. The van der Waals surface area contributed by atoms with E-state index in [1.165, 1.54) is 4.90 Å². The van der Waals surface area contributed by atoms with Crippen molar-refractivity contribution in [1.82, 2.24) is 0 Å². The number of hydrogen-bond acceptors (Lipinski definition) is 3. The summed E-state index contributed by atoms with van der Waals surface area (Å²) in [6.45, 7) is 1.82. The number of rotatable bonds is 2. The number of amides is 1. The van der Waals surface area contributed by atoms with Gasteiger partial charge in [0.1, 0.15) is 5.25 Å². The Morgan fingerprint density at radius 2 is 2.11 bits per heavy atom. The topological polar surface area (TPSA) is 54.5 Å². The molecule has 1 aromatic rings. The summed E-state index contributed by atoms with van der Waals surface area (Å²) in [6, 6.07) is 5.38. The van der Waals surface area contributed by atoms with Gasteiger partial charge in [-0.2, -0.15) is 8.42 Å². The maximum Gasteiger partial charge on any atom is 0.307 e. The third-order valence-corrected chi connectivity index (χ3v) is 5.23. The fourth-order valence-corrected chi connectivity index (χ4v) is 3.03. The highest BCUT2D eigenvalue weighted by Gasteiger charge is 2.39. The number of nitrogens with zero attached hydrogens (tertiary/aromatic N) is 1. The summed E-state index contributed by atoms with van der Waals surface area (Å²) < 4.78 is 35.5. The van der Waals surface area contributed by atoms with E-state index in [0.29, 0.717) is 5.69 Å². The van der Waals surface area contributed by atoms with Gasteiger partial charge in [0, 0.05) is 22.2 Å². The molecule has 1 aromatic carbocycles. The molecule has 1 aliphatic heterocycles. The Morgan fingerprint density at radius 1 is 1.44 bits per heavy atom. The monoisotopic (exact) mass is 383 g/mol. The molecule has 1 fully saturated rings. The molecule has 0 radical (unpaired) electrons. The summed E-state index contributed by atoms with van der Waals surface area (Å²) in [4.78, 5) is 13.0. The molecular weight excluding hydrogens is 372 g/mol. The van der Waals surface area contributed by atoms with Crippen molar-refractivity contribution in [2.75, 3.05) is 11.4 Å². The smallest absolute Gasteiger partial charge is 0.307 e. The number of hydrogen-bond donors (Lipinski definition) is 0. The van der Waals surface area contributed by atoms with E-state index in [-0.39, 0.29) is 18.9 Å². The molecule has 98 valence electrons. The Labute approximate surface area is 119 Å². The number of carbonyl (C=O) groups is 1. The molecule has 0 aromatic heterocycles. The predicted octanol–water partition coefficient (Wildman–Crippen LogP) is 2.00. The summed E-state index contributed by atoms with van der Waals surface area (Å²) >= 11 is 2.13. The largest absolute Gasteiger partial charge is 0.311 e. The minimum absolute atomic E-state index is 0.114. The lowest BCUT2D eigenvalue weighted by Crippen LogP contribution is -2.26. The van der Waals surface area contributed by atoms with Crippen molar-refractivity contribution in [3.05, 3.63) is 27.3 Å². The van der Waals surface area contributed by atoms with Gasteiger partial charge in [-0.1, -0.05) is 6.07 Å². The van der Waals surface area contributed by atoms with Crippen LogP contribution in [0.1, 0.15) is 12.0 Å². The van der Waals surface area contributed by atoms with E-state index in [9.17, 15) is 17.1 Å². The van der Waals surface area contributed by atoms with Gasteiger partial charge in [0.2, 0.25) is 5.91 Å². The molecule has 1 saturated heterocycles. The van der Waals surface area contributed by atoms with Gasteiger partial charge < -0.3 is 4.90 Å². The second kappa shape index (κ2) is 4.76. The minimum atomic E-state index is -4.66. The Kier molecular flexibility index (Phi) is 3.63. The summed E-state index contributed by atoms with van der Waals surface area (Å²) in [6.07, 6.45) is -0.288. The summed E-state index contributed by atoms with van der Waals surface area (Å²) in [5, 5.41) is -1.25. The van der Waals surface area contributed by atoms with Gasteiger partial charge in [0.15, 0.2) is 0 Å². The molecule has 0 spiro atoms. The lowest BCUT2D eigenvalue weighted by atomic mass is 10.2. The maximum atomic E-state index is 12.9. The average molecular weight is 383 g/mol. The molecule has 7 heteroatoms. The first kappa shape index (κ1) is 13.7. The molecule has 18 heavy (non-hydrogen) atoms. The molecule has 0 saturated carbocycles. The summed E-state index contributed by atoms with van der Waals surface area (Å²) in [5.41, 5.74) is 1.68. The van der Waals surface area contributed by atoms with Crippen LogP contribution >= 0.6 is 22.6 Å². The quantitative estimate of drug-likeness (QED) is 0.580. The maximum absolute atomic E-state index is 12.9. The van der Waals surface area contributed by atoms with E-state index in [4.69, 9.17) is 0 Å². The Morgan fingerprint density at radius 3 is 2.61 bits per heavy atom. The van der Waals surface area contributed by atoms with Crippen molar-refractivity contribution in [3.63, 3.8) is 0 Å². The average Bonchev–Trinajstić information content (AvgIpc) is 2.64. The zero-order chi connectivity index (χ0) is 13.5. The van der Waals surface area contributed by atoms with Crippen LogP contribution in [0.15, 0.2) is 18.2 Å². The first-order valence-corrected chi connectivity index (χ1v) is 7.81. The van der Waals surface area contributed by atoms with Crippen LogP contribution in [0, 0.1) is 10.5 Å². The van der Waals surface area contributed by atoms with Crippen molar-refractivity contribution in [3.8, 4) is 0 Å². The lowest BCUT2D eigenvalue weighted by Gasteiger charge is -2.16. The van der Waals surface area contributed by atoms with E-state index in [0.717, 1.165) is 9.13 Å². The second-order valence-corrected chi connectivity index (χ2v) is 7.02. The normalized spacial score (nSPS) is 20.5. The van der Waals surface area contributed by atoms with Crippen LogP contribution in [0.5, 0.6) is 0 Å². The highest BCUT2D eigenvalue weighted by molar-refractivity contribution is 14.1. The van der Waals surface area contributed by atoms with Crippen LogP contribution in [0.2, 0.25) is 0 Å². The third-order valence-electron chi connectivity index (χ3n) is 2.95. The van der Waals surface area contributed by atoms with E-state index < -0.39 is 15.5 Å². The number of aryl methyl sites for hydroxylation is 1. The predicted molar refractivity (Wildman–Crippen MR) is 74.7 cm³/mol. The lowest BCUT2D eigenvalue weighted by molar-refractivity contribution is -0.117. The van der Waals surface area contributed by atoms with Gasteiger partial charge in [-0.25, -0.2) is 0 Å². The third kappa shape index (κ3) is 2.66. The van der Waals surface area contributed by atoms with Crippen LogP contribution in [0.25, 0.3) is 0 Å². The van der Waals surface area contributed by atoms with Gasteiger partial charge in [-0.15, -0.1) is 3.89 Å². The highest BCUT2D eigenvalue weighted by atomic mass is 127. The van der Waals surface area contributed by atoms with Gasteiger partial charge in [-0.3, -0.25) is 4.79 Å². The number of carbonyl (C=O) groups excluding carboxylic acids is 1. The van der Waals surface area contributed by atoms with Crippen LogP contribution < -0.4 is 4.90 Å². The van der Waals surface area contributed by atoms with Crippen LogP contribution in [-0.4, -0.2) is 26.1 Å². The van der Waals surface area contributed by atoms with Gasteiger partial charge in [0.05, 0.1) is 0 Å². The van der Waals surface area contributed by atoms with E-state index in [1.807, 2.05) is 13.0 Å². The van der Waals surface area contributed by atoms with Crippen LogP contribution in [0.3, 0.4) is 0 Å². The van der Waals surface area contributed by atoms with E-state index >= 15 is 0 Å². The van der Waals surface area contributed by atoms with Crippen molar-refractivity contribution in [2.24, 2.45) is 0 Å². The molecule has 1 unspecified atom stereocenters. The highest BCUT2D eigenvalue weighted by Crippen LogP contribution is 2.27. The fourth-order valence-electron chi connectivity index (χ4n) is 1.86. The van der Waals surface area contributed by atoms with Crippen molar-refractivity contribution >= 4 is 44.4 Å². The van der Waals surface area contributed by atoms with Crippen molar-refractivity contribution in [1.29, 1.82) is 0 Å². The van der Waals surface area contributed by atoms with Crippen molar-refractivity contribution in [2.45, 2.75) is 18.6 Å². The zero-order valence-corrected chi connectivity index (χ0v) is 12.5. The molecule has 0 aliphatic carbocycles. The fraction of sp³-hybridized carbons (Fsp3) is 0.364. The van der Waals surface area contributed by atoms with Gasteiger partial charge in [-0.05, 0) is 47.2 Å². The Balaban J connectivity index is 2.30. The molecule has 1 amide bonds. The van der Waals surface area contributed by atoms with E-state index in [1.54, 1.807) is 12.1 Å².